The molecule has 2 heterocycles. The van der Waals surface area contributed by atoms with Gasteiger partial charge in [-0.05, 0) is 18.2 Å². The number of benzene rings is 1. The molecule has 7 heteroatoms. The van der Waals surface area contributed by atoms with Crippen LogP contribution in [-0.2, 0) is 31.2 Å². The maximum Gasteiger partial charge on any atom is 0.254 e. The number of ether oxygens (including phenoxy) is 1. The number of nitrogens with one attached hydrogen (secondary N) is 1. The Labute approximate surface area is 138 Å². The summed E-state index contributed by atoms with van der Waals surface area (Å²) in [6.45, 7) is 1.63. The Morgan fingerprint density at radius 2 is 2.35 bits per heavy atom. The minimum Gasteiger partial charge on any atom is -0.376 e. The topological polar surface area (TPSA) is 56.2 Å². The van der Waals surface area contributed by atoms with Crippen LogP contribution in [-0.4, -0.2) is 28.8 Å². The van der Waals surface area contributed by atoms with Crippen molar-refractivity contribution in [1.82, 2.24) is 15.1 Å². The van der Waals surface area contributed by atoms with E-state index >= 15 is 0 Å². The third kappa shape index (κ3) is 3.38. The van der Waals surface area contributed by atoms with Gasteiger partial charge in [-0.15, -0.1) is 0 Å². The first-order valence-electron chi connectivity index (χ1n) is 7.41. The van der Waals surface area contributed by atoms with Gasteiger partial charge in [-0.25, -0.2) is 4.39 Å². The molecule has 1 N–H and O–H groups in total. The van der Waals surface area contributed by atoms with Gasteiger partial charge in [0.25, 0.3) is 5.91 Å². The van der Waals surface area contributed by atoms with Gasteiger partial charge in [0, 0.05) is 42.7 Å². The molecule has 23 heavy (non-hydrogen) atoms. The molecule has 0 unspecified atom stereocenters. The monoisotopic (exact) mass is 337 g/mol. The molecule has 5 nitrogen and oxygen atoms in total. The molecule has 0 bridgehead atoms. The molecular formula is C16H17ClFN3O2. The largest absolute Gasteiger partial charge is 0.376 e. The van der Waals surface area contributed by atoms with Crippen molar-refractivity contribution in [2.75, 3.05) is 13.2 Å². The van der Waals surface area contributed by atoms with E-state index in [1.165, 1.54) is 23.9 Å². The van der Waals surface area contributed by atoms with Gasteiger partial charge in [0.15, 0.2) is 0 Å². The molecule has 1 amide bonds. The third-order valence-electron chi connectivity index (χ3n) is 3.91. The summed E-state index contributed by atoms with van der Waals surface area (Å²) in [7, 11) is 1.91. The van der Waals surface area contributed by atoms with E-state index in [-0.39, 0.29) is 5.56 Å². The average molecular weight is 338 g/mol. The Bertz CT molecular complexity index is 745. The van der Waals surface area contributed by atoms with Gasteiger partial charge in [0.05, 0.1) is 24.5 Å². The lowest BCUT2D eigenvalue weighted by molar-refractivity contribution is 0.0950. The molecule has 1 aromatic heterocycles. The number of rotatable bonds is 4. The van der Waals surface area contributed by atoms with Gasteiger partial charge in [0.2, 0.25) is 0 Å². The normalized spacial score (nSPS) is 13.7. The van der Waals surface area contributed by atoms with Crippen LogP contribution in [0.5, 0.6) is 0 Å². The van der Waals surface area contributed by atoms with Crippen LogP contribution in [0.1, 0.15) is 27.3 Å². The van der Waals surface area contributed by atoms with Crippen molar-refractivity contribution in [3.63, 3.8) is 0 Å². The fourth-order valence-corrected chi connectivity index (χ4v) is 2.92. The highest BCUT2D eigenvalue weighted by molar-refractivity contribution is 6.31. The number of amides is 1. The van der Waals surface area contributed by atoms with Crippen LogP contribution in [0.25, 0.3) is 0 Å². The Hall–Kier alpha value is -1.92. The molecule has 0 spiro atoms. The lowest BCUT2D eigenvalue weighted by atomic mass is 10.1. The number of hydrogen-bond acceptors (Lipinski definition) is 3. The number of nitrogens with zero attached hydrogens (tertiary/aromatic N) is 2. The maximum atomic E-state index is 13.6. The molecule has 0 saturated carbocycles. The average Bonchev–Trinajstić information content (AvgIpc) is 2.86. The zero-order valence-electron chi connectivity index (χ0n) is 12.7. The van der Waals surface area contributed by atoms with E-state index in [4.69, 9.17) is 16.3 Å². The van der Waals surface area contributed by atoms with E-state index < -0.39 is 11.7 Å². The van der Waals surface area contributed by atoms with E-state index in [9.17, 15) is 9.18 Å². The fraction of sp³-hybridized carbons (Fsp3) is 0.375. The van der Waals surface area contributed by atoms with Gasteiger partial charge in [0.1, 0.15) is 5.82 Å². The smallest absolute Gasteiger partial charge is 0.254 e. The standard InChI is InChI=1S/C16H17ClFN3O2/c1-21-15-5-7-23-9-12(15)14(20-21)4-6-19-16(22)11-8-10(17)2-3-13(11)18/h2-3,8H,4-7,9H2,1H3,(H,19,22). The lowest BCUT2D eigenvalue weighted by Crippen LogP contribution is -2.27. The first-order chi connectivity index (χ1) is 11.1. The molecule has 1 aromatic carbocycles. The lowest BCUT2D eigenvalue weighted by Gasteiger charge is -2.13. The second-order valence-electron chi connectivity index (χ2n) is 5.43. The van der Waals surface area contributed by atoms with Crippen molar-refractivity contribution < 1.29 is 13.9 Å². The maximum absolute atomic E-state index is 13.6. The SMILES string of the molecule is Cn1nc(CCNC(=O)c2cc(Cl)ccc2F)c2c1CCOC2. The van der Waals surface area contributed by atoms with Gasteiger partial charge >= 0.3 is 0 Å². The summed E-state index contributed by atoms with van der Waals surface area (Å²) in [6, 6.07) is 3.92. The van der Waals surface area contributed by atoms with Crippen LogP contribution in [0.3, 0.4) is 0 Å². The van der Waals surface area contributed by atoms with E-state index in [2.05, 4.69) is 10.4 Å². The fourth-order valence-electron chi connectivity index (χ4n) is 2.75. The van der Waals surface area contributed by atoms with Crippen LogP contribution >= 0.6 is 11.6 Å². The number of aromatic nitrogens is 2. The summed E-state index contributed by atoms with van der Waals surface area (Å²) in [4.78, 5) is 12.0. The van der Waals surface area contributed by atoms with Gasteiger partial charge < -0.3 is 10.1 Å². The quantitative estimate of drug-likeness (QED) is 0.931. The highest BCUT2D eigenvalue weighted by atomic mass is 35.5. The van der Waals surface area contributed by atoms with E-state index in [0.29, 0.717) is 31.2 Å². The molecule has 1 aliphatic rings. The van der Waals surface area contributed by atoms with E-state index in [1.54, 1.807) is 0 Å². The Morgan fingerprint density at radius 3 is 3.17 bits per heavy atom. The number of carbonyl (C=O) groups excluding carboxylic acids is 1. The predicted octanol–water partition coefficient (Wildman–Crippen LogP) is 2.26. The molecule has 0 radical (unpaired) electrons. The van der Waals surface area contributed by atoms with Crippen molar-refractivity contribution in [3.8, 4) is 0 Å². The van der Waals surface area contributed by atoms with Crippen molar-refractivity contribution >= 4 is 17.5 Å². The van der Waals surface area contributed by atoms with Crippen LogP contribution in [0, 0.1) is 5.82 Å². The first kappa shape index (κ1) is 16.0. The summed E-state index contributed by atoms with van der Waals surface area (Å²) in [5, 5.41) is 7.51. The van der Waals surface area contributed by atoms with Crippen molar-refractivity contribution in [1.29, 1.82) is 0 Å². The summed E-state index contributed by atoms with van der Waals surface area (Å²) >= 11 is 5.80. The number of aryl methyl sites for hydroxylation is 1. The third-order valence-corrected chi connectivity index (χ3v) is 4.14. The molecule has 0 aliphatic carbocycles. The van der Waals surface area contributed by atoms with Crippen LogP contribution in [0.4, 0.5) is 4.39 Å². The molecule has 0 atom stereocenters. The van der Waals surface area contributed by atoms with E-state index in [1.807, 2.05) is 11.7 Å². The van der Waals surface area contributed by atoms with Crippen LogP contribution in [0.2, 0.25) is 5.02 Å². The highest BCUT2D eigenvalue weighted by Gasteiger charge is 2.19. The van der Waals surface area contributed by atoms with Crippen LogP contribution in [0.15, 0.2) is 18.2 Å². The Balaban J connectivity index is 1.64. The highest BCUT2D eigenvalue weighted by Crippen LogP contribution is 2.20. The molecule has 0 fully saturated rings. The van der Waals surface area contributed by atoms with Crippen molar-refractivity contribution in [2.24, 2.45) is 7.05 Å². The van der Waals surface area contributed by atoms with Gasteiger partial charge in [-0.2, -0.15) is 5.10 Å². The number of hydrogen-bond donors (Lipinski definition) is 1. The molecule has 3 rings (SSSR count). The van der Waals surface area contributed by atoms with E-state index in [0.717, 1.165) is 17.7 Å². The molecule has 2 aromatic rings. The number of halogens is 2. The number of fused-ring (bicyclic) bond motifs is 1. The summed E-state index contributed by atoms with van der Waals surface area (Å²) in [5.41, 5.74) is 3.14. The second-order valence-corrected chi connectivity index (χ2v) is 5.86. The minimum atomic E-state index is -0.587. The Kier molecular flexibility index (Phi) is 4.63. The zero-order valence-corrected chi connectivity index (χ0v) is 13.5. The summed E-state index contributed by atoms with van der Waals surface area (Å²) < 4.78 is 21.0. The number of carbonyl (C=O) groups is 1. The Morgan fingerprint density at radius 1 is 1.52 bits per heavy atom. The summed E-state index contributed by atoms with van der Waals surface area (Å²) in [5.74, 6) is -1.07. The first-order valence-corrected chi connectivity index (χ1v) is 7.78. The van der Waals surface area contributed by atoms with Gasteiger partial charge in [-0.1, -0.05) is 11.6 Å². The predicted molar refractivity (Wildman–Crippen MR) is 84.0 cm³/mol. The molecule has 122 valence electrons. The molecule has 1 aliphatic heterocycles. The summed E-state index contributed by atoms with van der Waals surface area (Å²) in [6.07, 6.45) is 1.42. The molecule has 0 saturated heterocycles. The van der Waals surface area contributed by atoms with Crippen molar-refractivity contribution in [2.45, 2.75) is 19.4 Å². The molecular weight excluding hydrogens is 321 g/mol. The second kappa shape index (κ2) is 6.68. The van der Waals surface area contributed by atoms with Gasteiger partial charge in [-0.3, -0.25) is 9.48 Å². The van der Waals surface area contributed by atoms with Crippen LogP contribution < -0.4 is 5.32 Å². The van der Waals surface area contributed by atoms with Crippen molar-refractivity contribution in [3.05, 3.63) is 51.6 Å². The zero-order chi connectivity index (χ0) is 16.4. The minimum absolute atomic E-state index is 0.0520.